The van der Waals surface area contributed by atoms with Crippen molar-refractivity contribution in [3.8, 4) is 0 Å². The number of aromatic nitrogens is 2. The minimum Gasteiger partial charge on any atom is -0.338 e. The van der Waals surface area contributed by atoms with Crippen LogP contribution in [0.3, 0.4) is 0 Å². The van der Waals surface area contributed by atoms with Gasteiger partial charge in [-0.05, 0) is 30.7 Å². The van der Waals surface area contributed by atoms with Crippen molar-refractivity contribution in [2.45, 2.75) is 32.6 Å². The van der Waals surface area contributed by atoms with Gasteiger partial charge in [0.25, 0.3) is 0 Å². The molecule has 1 aromatic carbocycles. The van der Waals surface area contributed by atoms with Gasteiger partial charge in [-0.3, -0.25) is 4.79 Å². The second-order valence-electron chi connectivity index (χ2n) is 6.03. The first-order valence-corrected chi connectivity index (χ1v) is 7.13. The molecule has 1 aromatic heterocycles. The number of imidazole rings is 1. The van der Waals surface area contributed by atoms with Crippen molar-refractivity contribution < 1.29 is 4.79 Å². The predicted molar refractivity (Wildman–Crippen MR) is 86.2 cm³/mol. The van der Waals surface area contributed by atoms with Crippen molar-refractivity contribution >= 4 is 28.7 Å². The fourth-order valence-corrected chi connectivity index (χ4v) is 2.77. The minimum atomic E-state index is -0.155. The smallest absolute Gasteiger partial charge is 0.225 e. The maximum Gasteiger partial charge on any atom is 0.225 e. The number of amides is 1. The van der Waals surface area contributed by atoms with Crippen LogP contribution >= 0.6 is 0 Å². The molecule has 0 saturated carbocycles. The van der Waals surface area contributed by atoms with E-state index in [0.717, 1.165) is 28.1 Å². The average molecular weight is 281 g/mol. The summed E-state index contributed by atoms with van der Waals surface area (Å²) < 4.78 is 0. The van der Waals surface area contributed by atoms with Crippen LogP contribution in [0.4, 0.5) is 5.69 Å². The van der Waals surface area contributed by atoms with Crippen molar-refractivity contribution in [3.63, 3.8) is 0 Å². The second-order valence-corrected chi connectivity index (χ2v) is 6.03. The quantitative estimate of drug-likeness (QED) is 0.823. The van der Waals surface area contributed by atoms with Crippen LogP contribution in [-0.4, -0.2) is 15.9 Å². The van der Waals surface area contributed by atoms with E-state index in [-0.39, 0.29) is 11.3 Å². The van der Waals surface area contributed by atoms with Gasteiger partial charge in [0.2, 0.25) is 5.91 Å². The number of hydrogen-bond donors (Lipinski definition) is 2. The molecule has 0 fully saturated rings. The van der Waals surface area contributed by atoms with Crippen LogP contribution in [0.25, 0.3) is 17.1 Å². The van der Waals surface area contributed by atoms with Gasteiger partial charge in [-0.15, -0.1) is 0 Å². The molecule has 0 unspecified atom stereocenters. The molecule has 4 heteroatoms. The van der Waals surface area contributed by atoms with Crippen LogP contribution in [0.5, 0.6) is 0 Å². The average Bonchev–Trinajstić information content (AvgIpc) is 2.78. The Labute approximate surface area is 124 Å². The summed E-state index contributed by atoms with van der Waals surface area (Å²) in [4.78, 5) is 19.6. The van der Waals surface area contributed by atoms with Crippen molar-refractivity contribution in [1.29, 1.82) is 0 Å². The highest BCUT2D eigenvalue weighted by Crippen LogP contribution is 2.38. The number of H-pyrrole nitrogens is 1. The number of hydrogen-bond acceptors (Lipinski definition) is 2. The summed E-state index contributed by atoms with van der Waals surface area (Å²) in [6.45, 7) is 6.17. The van der Waals surface area contributed by atoms with E-state index < -0.39 is 0 Å². The first-order chi connectivity index (χ1) is 9.99. The van der Waals surface area contributed by atoms with Crippen LogP contribution in [-0.2, 0) is 10.2 Å². The first-order valence-electron chi connectivity index (χ1n) is 7.13. The third-order valence-corrected chi connectivity index (χ3v) is 3.80. The highest BCUT2D eigenvalue weighted by atomic mass is 16.1. The molecule has 0 bridgehead atoms. The maximum absolute atomic E-state index is 11.8. The highest BCUT2D eigenvalue weighted by Gasteiger charge is 2.32. The Morgan fingerprint density at radius 1 is 1.29 bits per heavy atom. The summed E-state index contributed by atoms with van der Waals surface area (Å²) in [6.07, 6.45) is 8.32. The third-order valence-electron chi connectivity index (χ3n) is 3.80. The van der Waals surface area contributed by atoms with Gasteiger partial charge < -0.3 is 10.3 Å². The lowest BCUT2D eigenvalue weighted by atomic mass is 9.78. The van der Waals surface area contributed by atoms with E-state index in [1.165, 1.54) is 0 Å². The van der Waals surface area contributed by atoms with Crippen molar-refractivity contribution in [1.82, 2.24) is 9.97 Å². The molecule has 1 amide bonds. The Hall–Kier alpha value is -2.36. The lowest BCUT2D eigenvalue weighted by Crippen LogP contribution is -2.32. The summed E-state index contributed by atoms with van der Waals surface area (Å²) in [7, 11) is 0. The number of aromatic amines is 1. The Morgan fingerprint density at radius 2 is 2.10 bits per heavy atom. The number of anilines is 1. The lowest BCUT2D eigenvalue weighted by Gasteiger charge is -2.31. The zero-order chi connectivity index (χ0) is 15.0. The standard InChI is InChI=1S/C17H19N3O/c1-4-5-6-7-15-18-13-8-11-12(9-14(13)19-15)20-16(21)10-17(11,2)3/h4-9H,10H2,1-3H3,(H,18,19)(H,20,21). The summed E-state index contributed by atoms with van der Waals surface area (Å²) >= 11 is 0. The molecule has 3 rings (SSSR count). The Balaban J connectivity index is 2.09. The lowest BCUT2D eigenvalue weighted by molar-refractivity contribution is -0.117. The van der Waals surface area contributed by atoms with Crippen LogP contribution < -0.4 is 5.32 Å². The summed E-state index contributed by atoms with van der Waals surface area (Å²) in [6, 6.07) is 4.05. The summed E-state index contributed by atoms with van der Waals surface area (Å²) in [5.41, 5.74) is 3.74. The normalized spacial score (nSPS) is 17.6. The molecule has 0 saturated heterocycles. The van der Waals surface area contributed by atoms with Gasteiger partial charge in [0.05, 0.1) is 11.0 Å². The number of carbonyl (C=O) groups excluding carboxylic acids is 1. The molecule has 2 aromatic rings. The Bertz CT molecular complexity index is 766. The van der Waals surface area contributed by atoms with E-state index in [9.17, 15) is 4.79 Å². The van der Waals surface area contributed by atoms with Crippen molar-refractivity contribution in [2.24, 2.45) is 0 Å². The number of carbonyl (C=O) groups is 1. The van der Waals surface area contributed by atoms with E-state index >= 15 is 0 Å². The number of allylic oxidation sites excluding steroid dienone is 3. The van der Waals surface area contributed by atoms with E-state index in [0.29, 0.717) is 6.42 Å². The van der Waals surface area contributed by atoms with Crippen molar-refractivity contribution in [3.05, 3.63) is 41.7 Å². The molecular weight excluding hydrogens is 262 g/mol. The molecule has 0 radical (unpaired) electrons. The summed E-state index contributed by atoms with van der Waals surface area (Å²) in [5.74, 6) is 0.880. The van der Waals surface area contributed by atoms with Gasteiger partial charge in [-0.25, -0.2) is 4.98 Å². The molecule has 1 aliphatic heterocycles. The number of nitrogens with one attached hydrogen (secondary N) is 2. The molecule has 2 N–H and O–H groups in total. The van der Waals surface area contributed by atoms with Gasteiger partial charge in [-0.1, -0.05) is 32.1 Å². The minimum absolute atomic E-state index is 0.0654. The number of fused-ring (bicyclic) bond motifs is 2. The van der Waals surface area contributed by atoms with Gasteiger partial charge >= 0.3 is 0 Å². The maximum atomic E-state index is 11.8. The Morgan fingerprint density at radius 3 is 2.86 bits per heavy atom. The molecule has 4 nitrogen and oxygen atoms in total. The molecule has 0 spiro atoms. The summed E-state index contributed by atoms with van der Waals surface area (Å²) in [5, 5.41) is 2.95. The van der Waals surface area contributed by atoms with Crippen molar-refractivity contribution in [2.75, 3.05) is 5.32 Å². The molecule has 1 aliphatic rings. The largest absolute Gasteiger partial charge is 0.338 e. The zero-order valence-corrected chi connectivity index (χ0v) is 12.5. The van der Waals surface area contributed by atoms with Crippen LogP contribution in [0.2, 0.25) is 0 Å². The van der Waals surface area contributed by atoms with Crippen LogP contribution in [0.1, 0.15) is 38.6 Å². The van der Waals surface area contributed by atoms with Crippen LogP contribution in [0.15, 0.2) is 30.4 Å². The van der Waals surface area contributed by atoms with E-state index in [2.05, 4.69) is 35.2 Å². The van der Waals surface area contributed by atoms with Gasteiger partial charge in [0.15, 0.2) is 0 Å². The zero-order valence-electron chi connectivity index (χ0n) is 12.5. The SMILES string of the molecule is CC=CC=Cc1nc2cc3c(cc2[nH]1)C(C)(C)CC(=O)N3. The van der Waals surface area contributed by atoms with E-state index in [1.54, 1.807) is 0 Å². The number of rotatable bonds is 2. The monoisotopic (exact) mass is 281 g/mol. The highest BCUT2D eigenvalue weighted by molar-refractivity contribution is 5.98. The number of benzene rings is 1. The van der Waals surface area contributed by atoms with Gasteiger partial charge in [-0.2, -0.15) is 0 Å². The van der Waals surface area contributed by atoms with E-state index in [4.69, 9.17) is 0 Å². The van der Waals surface area contributed by atoms with E-state index in [1.807, 2.05) is 37.3 Å². The second kappa shape index (κ2) is 4.88. The molecule has 0 atom stereocenters. The molecule has 108 valence electrons. The predicted octanol–water partition coefficient (Wildman–Crippen LogP) is 3.77. The van der Waals surface area contributed by atoms with Crippen LogP contribution in [0, 0.1) is 0 Å². The van der Waals surface area contributed by atoms with Gasteiger partial charge in [0.1, 0.15) is 5.82 Å². The van der Waals surface area contributed by atoms with Gasteiger partial charge in [0, 0.05) is 17.5 Å². The Kier molecular flexibility index (Phi) is 3.16. The third kappa shape index (κ3) is 2.49. The first kappa shape index (κ1) is 13.6. The number of nitrogens with zero attached hydrogens (tertiary/aromatic N) is 1. The molecule has 21 heavy (non-hydrogen) atoms. The molecule has 2 heterocycles. The topological polar surface area (TPSA) is 57.8 Å². The molecule has 0 aliphatic carbocycles. The fraction of sp³-hybridized carbons (Fsp3) is 0.294. The fourth-order valence-electron chi connectivity index (χ4n) is 2.77. The molecular formula is C17H19N3O.